The number of hydrogen-bond acceptors (Lipinski definition) is 5. The largest absolute Gasteiger partial charge is 0.492 e. The molecule has 0 radical (unpaired) electrons. The zero-order valence-electron chi connectivity index (χ0n) is 11.4. The summed E-state index contributed by atoms with van der Waals surface area (Å²) in [7, 11) is 2.98. The van der Waals surface area contributed by atoms with Crippen LogP contribution in [0.3, 0.4) is 0 Å². The minimum atomic E-state index is -0.188. The molecule has 0 N–H and O–H groups in total. The Morgan fingerprint density at radius 2 is 1.84 bits per heavy atom. The second kappa shape index (κ2) is 5.22. The van der Waals surface area contributed by atoms with Crippen molar-refractivity contribution in [3.8, 4) is 17.2 Å². The van der Waals surface area contributed by atoms with Gasteiger partial charge in [0, 0.05) is 12.1 Å². The third kappa shape index (κ3) is 2.36. The van der Waals surface area contributed by atoms with E-state index in [9.17, 15) is 4.79 Å². The maximum atomic E-state index is 11.9. The Labute approximate surface area is 110 Å². The SMILES string of the molecule is COc1c(OC(C)C)cc2occc(=O)c2c1OC. The van der Waals surface area contributed by atoms with Crippen molar-refractivity contribution >= 4 is 11.0 Å². The number of rotatable bonds is 4. The molecule has 1 heterocycles. The van der Waals surface area contributed by atoms with E-state index in [2.05, 4.69) is 0 Å². The molecule has 0 amide bonds. The van der Waals surface area contributed by atoms with Gasteiger partial charge in [-0.3, -0.25) is 4.79 Å². The molecule has 0 unspecified atom stereocenters. The van der Waals surface area contributed by atoms with Gasteiger partial charge in [0.25, 0.3) is 0 Å². The second-order valence-electron chi connectivity index (χ2n) is 4.27. The lowest BCUT2D eigenvalue weighted by molar-refractivity contribution is 0.227. The summed E-state index contributed by atoms with van der Waals surface area (Å²) in [4.78, 5) is 11.9. The van der Waals surface area contributed by atoms with Gasteiger partial charge in [-0.05, 0) is 13.8 Å². The second-order valence-corrected chi connectivity index (χ2v) is 4.27. The Kier molecular flexibility index (Phi) is 3.64. The zero-order chi connectivity index (χ0) is 14.0. The number of methoxy groups -OCH3 is 2. The van der Waals surface area contributed by atoms with Crippen LogP contribution in [0.25, 0.3) is 11.0 Å². The first-order chi connectivity index (χ1) is 9.08. The summed E-state index contributed by atoms with van der Waals surface area (Å²) in [6, 6.07) is 2.98. The molecular weight excluding hydrogens is 248 g/mol. The first kappa shape index (κ1) is 13.3. The van der Waals surface area contributed by atoms with Gasteiger partial charge in [0.05, 0.1) is 26.6 Å². The highest BCUT2D eigenvalue weighted by Crippen LogP contribution is 2.42. The quantitative estimate of drug-likeness (QED) is 0.849. The van der Waals surface area contributed by atoms with Crippen molar-refractivity contribution in [1.29, 1.82) is 0 Å². The van der Waals surface area contributed by atoms with Crippen LogP contribution in [0.15, 0.2) is 27.6 Å². The number of benzene rings is 1. The van der Waals surface area contributed by atoms with E-state index >= 15 is 0 Å². The smallest absolute Gasteiger partial charge is 0.204 e. The highest BCUT2D eigenvalue weighted by molar-refractivity contribution is 5.88. The summed E-state index contributed by atoms with van der Waals surface area (Å²) < 4.78 is 21.6. The van der Waals surface area contributed by atoms with Gasteiger partial charge >= 0.3 is 0 Å². The van der Waals surface area contributed by atoms with Crippen LogP contribution in [0.5, 0.6) is 17.2 Å². The third-order valence-corrected chi connectivity index (χ3v) is 2.60. The maximum Gasteiger partial charge on any atom is 0.204 e. The van der Waals surface area contributed by atoms with E-state index in [0.29, 0.717) is 28.2 Å². The Bertz CT molecular complexity index is 642. The first-order valence-corrected chi connectivity index (χ1v) is 5.91. The molecule has 0 saturated heterocycles. The van der Waals surface area contributed by atoms with Crippen LogP contribution in [0.4, 0.5) is 0 Å². The predicted octanol–water partition coefficient (Wildman–Crippen LogP) is 2.60. The summed E-state index contributed by atoms with van der Waals surface area (Å²) in [5, 5.41) is 0.345. The van der Waals surface area contributed by atoms with E-state index in [4.69, 9.17) is 18.6 Å². The highest BCUT2D eigenvalue weighted by Gasteiger charge is 2.20. The predicted molar refractivity (Wildman–Crippen MR) is 71.4 cm³/mol. The van der Waals surface area contributed by atoms with E-state index in [-0.39, 0.29) is 11.5 Å². The van der Waals surface area contributed by atoms with Crippen molar-refractivity contribution in [2.24, 2.45) is 0 Å². The minimum Gasteiger partial charge on any atom is -0.492 e. The van der Waals surface area contributed by atoms with Crippen LogP contribution in [-0.2, 0) is 0 Å². The van der Waals surface area contributed by atoms with Crippen molar-refractivity contribution in [3.63, 3.8) is 0 Å². The molecule has 2 rings (SSSR count). The Balaban J connectivity index is 2.81. The van der Waals surface area contributed by atoms with Crippen LogP contribution in [-0.4, -0.2) is 20.3 Å². The lowest BCUT2D eigenvalue weighted by Crippen LogP contribution is -2.09. The normalized spacial score (nSPS) is 10.8. The molecular formula is C14H16O5. The summed E-state index contributed by atoms with van der Waals surface area (Å²) in [6.07, 6.45) is 1.31. The van der Waals surface area contributed by atoms with Crippen molar-refractivity contribution in [3.05, 3.63) is 28.6 Å². The molecule has 5 heteroatoms. The van der Waals surface area contributed by atoms with Gasteiger partial charge in [-0.2, -0.15) is 0 Å². The Morgan fingerprint density at radius 1 is 1.16 bits per heavy atom. The van der Waals surface area contributed by atoms with Gasteiger partial charge < -0.3 is 18.6 Å². The lowest BCUT2D eigenvalue weighted by Gasteiger charge is -2.16. The molecule has 2 aromatic rings. The molecule has 0 saturated carbocycles. The lowest BCUT2D eigenvalue weighted by atomic mass is 10.2. The van der Waals surface area contributed by atoms with Gasteiger partial charge in [0.2, 0.25) is 5.75 Å². The molecule has 0 aliphatic carbocycles. The Hall–Kier alpha value is -2.17. The summed E-state index contributed by atoms with van der Waals surface area (Å²) in [6.45, 7) is 3.80. The fourth-order valence-electron chi connectivity index (χ4n) is 1.90. The molecule has 19 heavy (non-hydrogen) atoms. The maximum absolute atomic E-state index is 11.9. The van der Waals surface area contributed by atoms with Crippen molar-refractivity contribution in [2.75, 3.05) is 14.2 Å². The standard InChI is InChI=1S/C14H16O5/c1-8(2)19-11-7-10-12(9(15)5-6-18-10)14(17-4)13(11)16-3/h5-8H,1-4H3. The topological polar surface area (TPSA) is 57.9 Å². The van der Waals surface area contributed by atoms with Crippen LogP contribution < -0.4 is 19.6 Å². The van der Waals surface area contributed by atoms with E-state index < -0.39 is 0 Å². The fraction of sp³-hybridized carbons (Fsp3) is 0.357. The van der Waals surface area contributed by atoms with Crippen molar-refractivity contribution in [1.82, 2.24) is 0 Å². The number of ether oxygens (including phenoxy) is 3. The highest BCUT2D eigenvalue weighted by atomic mass is 16.5. The van der Waals surface area contributed by atoms with Crippen molar-refractivity contribution in [2.45, 2.75) is 20.0 Å². The monoisotopic (exact) mass is 264 g/mol. The molecule has 0 atom stereocenters. The van der Waals surface area contributed by atoms with Gasteiger partial charge in [0.15, 0.2) is 16.9 Å². The molecule has 1 aromatic heterocycles. The van der Waals surface area contributed by atoms with Crippen LogP contribution >= 0.6 is 0 Å². The zero-order valence-corrected chi connectivity index (χ0v) is 11.4. The van der Waals surface area contributed by atoms with Gasteiger partial charge in [-0.1, -0.05) is 0 Å². The van der Waals surface area contributed by atoms with E-state index in [1.54, 1.807) is 6.07 Å². The molecule has 5 nitrogen and oxygen atoms in total. The Morgan fingerprint density at radius 3 is 2.42 bits per heavy atom. The molecule has 0 spiro atoms. The van der Waals surface area contributed by atoms with Crippen LogP contribution in [0.1, 0.15) is 13.8 Å². The van der Waals surface area contributed by atoms with Crippen LogP contribution in [0, 0.1) is 0 Å². The molecule has 0 aliphatic heterocycles. The summed E-state index contributed by atoms with van der Waals surface area (Å²) >= 11 is 0. The molecule has 0 fully saturated rings. The summed E-state index contributed by atoms with van der Waals surface area (Å²) in [5.41, 5.74) is 0.216. The van der Waals surface area contributed by atoms with Gasteiger partial charge in [-0.15, -0.1) is 0 Å². The van der Waals surface area contributed by atoms with Gasteiger partial charge in [0.1, 0.15) is 11.0 Å². The average Bonchev–Trinajstić information content (AvgIpc) is 2.36. The first-order valence-electron chi connectivity index (χ1n) is 5.91. The fourth-order valence-corrected chi connectivity index (χ4v) is 1.90. The van der Waals surface area contributed by atoms with Gasteiger partial charge in [-0.25, -0.2) is 0 Å². The molecule has 102 valence electrons. The molecule has 0 bridgehead atoms. The molecule has 0 aliphatic rings. The third-order valence-electron chi connectivity index (χ3n) is 2.60. The number of fused-ring (bicyclic) bond motifs is 1. The van der Waals surface area contributed by atoms with Crippen LogP contribution in [0.2, 0.25) is 0 Å². The summed E-state index contributed by atoms with van der Waals surface area (Å²) in [5.74, 6) is 1.20. The number of hydrogen-bond donors (Lipinski definition) is 0. The van der Waals surface area contributed by atoms with E-state index in [1.165, 1.54) is 26.5 Å². The van der Waals surface area contributed by atoms with E-state index in [1.807, 2.05) is 13.8 Å². The van der Waals surface area contributed by atoms with E-state index in [0.717, 1.165) is 0 Å². The average molecular weight is 264 g/mol. The van der Waals surface area contributed by atoms with Crippen molar-refractivity contribution < 1.29 is 18.6 Å². The molecule has 1 aromatic carbocycles. The minimum absolute atomic E-state index is 0.0357.